The topological polar surface area (TPSA) is 75.7 Å². The van der Waals surface area contributed by atoms with Crippen LogP contribution in [0.15, 0.2) is 24.3 Å². The number of hydrogen-bond donors (Lipinski definition) is 1. The van der Waals surface area contributed by atoms with Crippen molar-refractivity contribution in [1.29, 1.82) is 0 Å². The predicted molar refractivity (Wildman–Crippen MR) is 92.7 cm³/mol. The van der Waals surface area contributed by atoms with Crippen LogP contribution in [-0.4, -0.2) is 42.4 Å². The first-order valence-electron chi connectivity index (χ1n) is 8.15. The lowest BCUT2D eigenvalue weighted by Crippen LogP contribution is -2.47. The Balaban J connectivity index is 2.83. The number of carbonyl (C=O) groups is 3. The summed E-state index contributed by atoms with van der Waals surface area (Å²) in [6.45, 7) is 10.1. The van der Waals surface area contributed by atoms with Crippen LogP contribution in [-0.2, 0) is 14.3 Å². The van der Waals surface area contributed by atoms with Gasteiger partial charge in [-0.05, 0) is 58.9 Å². The zero-order valence-electron chi connectivity index (χ0n) is 15.0. The Labute approximate surface area is 143 Å². The minimum absolute atomic E-state index is 0.215. The van der Waals surface area contributed by atoms with Crippen LogP contribution in [0.25, 0.3) is 0 Å². The standard InChI is InChI=1S/C18H26N2O4/c1-6-20(7-2)17(23)18(4,5)16(22)19-14-11-9-13(10-12-14)15(21)24-8-3/h9-12H,6-8H2,1-5H3,(H,19,22). The van der Waals surface area contributed by atoms with Gasteiger partial charge in [0.05, 0.1) is 12.2 Å². The number of ether oxygens (including phenoxy) is 1. The van der Waals surface area contributed by atoms with Crippen LogP contribution in [0.3, 0.4) is 0 Å². The fraction of sp³-hybridized carbons (Fsp3) is 0.500. The third-order valence-electron chi connectivity index (χ3n) is 3.81. The molecule has 1 aromatic rings. The van der Waals surface area contributed by atoms with Crippen molar-refractivity contribution in [3.63, 3.8) is 0 Å². The maximum absolute atomic E-state index is 12.5. The molecule has 132 valence electrons. The number of nitrogens with zero attached hydrogens (tertiary/aromatic N) is 1. The summed E-state index contributed by atoms with van der Waals surface area (Å²) in [5.41, 5.74) is -0.243. The Morgan fingerprint density at radius 3 is 2.04 bits per heavy atom. The maximum atomic E-state index is 12.5. The summed E-state index contributed by atoms with van der Waals surface area (Å²) in [4.78, 5) is 38.2. The first-order valence-corrected chi connectivity index (χ1v) is 8.15. The van der Waals surface area contributed by atoms with Gasteiger partial charge in [-0.3, -0.25) is 9.59 Å². The lowest BCUT2D eigenvalue weighted by atomic mass is 9.90. The molecule has 0 aliphatic heterocycles. The average Bonchev–Trinajstić information content (AvgIpc) is 2.56. The zero-order valence-corrected chi connectivity index (χ0v) is 15.0. The number of hydrogen-bond acceptors (Lipinski definition) is 4. The second-order valence-corrected chi connectivity index (χ2v) is 5.85. The summed E-state index contributed by atoms with van der Waals surface area (Å²) in [5.74, 6) is -1.01. The van der Waals surface area contributed by atoms with Crippen LogP contribution in [0.1, 0.15) is 45.0 Å². The molecule has 0 atom stereocenters. The van der Waals surface area contributed by atoms with Crippen molar-refractivity contribution in [3.05, 3.63) is 29.8 Å². The van der Waals surface area contributed by atoms with E-state index in [1.54, 1.807) is 49.9 Å². The molecule has 1 rings (SSSR count). The lowest BCUT2D eigenvalue weighted by Gasteiger charge is -2.29. The molecule has 0 radical (unpaired) electrons. The van der Waals surface area contributed by atoms with E-state index in [-0.39, 0.29) is 11.8 Å². The molecule has 0 spiro atoms. The number of anilines is 1. The minimum Gasteiger partial charge on any atom is -0.462 e. The molecule has 0 unspecified atom stereocenters. The molecule has 0 aliphatic carbocycles. The molecule has 0 bridgehead atoms. The van der Waals surface area contributed by atoms with E-state index in [0.717, 1.165) is 0 Å². The second kappa shape index (κ2) is 8.47. The van der Waals surface area contributed by atoms with Crippen LogP contribution in [0.5, 0.6) is 0 Å². The number of nitrogens with one attached hydrogen (secondary N) is 1. The predicted octanol–water partition coefficient (Wildman–Crippen LogP) is 2.70. The normalized spacial score (nSPS) is 10.9. The summed E-state index contributed by atoms with van der Waals surface area (Å²) in [7, 11) is 0. The van der Waals surface area contributed by atoms with Gasteiger partial charge in [-0.2, -0.15) is 0 Å². The smallest absolute Gasteiger partial charge is 0.338 e. The molecule has 0 fully saturated rings. The third kappa shape index (κ3) is 4.57. The molecule has 1 aromatic carbocycles. The summed E-state index contributed by atoms with van der Waals surface area (Å²) in [5, 5.41) is 2.73. The van der Waals surface area contributed by atoms with Crippen molar-refractivity contribution in [2.24, 2.45) is 5.41 Å². The SMILES string of the molecule is CCOC(=O)c1ccc(NC(=O)C(C)(C)C(=O)N(CC)CC)cc1. The molecule has 0 saturated heterocycles. The number of rotatable bonds is 7. The Hall–Kier alpha value is -2.37. The summed E-state index contributed by atoms with van der Waals surface area (Å²) in [6.07, 6.45) is 0. The summed E-state index contributed by atoms with van der Waals surface area (Å²) >= 11 is 0. The summed E-state index contributed by atoms with van der Waals surface area (Å²) < 4.78 is 4.91. The van der Waals surface area contributed by atoms with Crippen molar-refractivity contribution in [2.75, 3.05) is 25.0 Å². The number of amides is 2. The van der Waals surface area contributed by atoms with Gasteiger partial charge in [0.1, 0.15) is 5.41 Å². The molecule has 1 N–H and O–H groups in total. The van der Waals surface area contributed by atoms with Gasteiger partial charge >= 0.3 is 5.97 Å². The molecule has 0 aromatic heterocycles. The van der Waals surface area contributed by atoms with Gasteiger partial charge < -0.3 is 15.0 Å². The Morgan fingerprint density at radius 2 is 1.58 bits per heavy atom. The first kappa shape index (κ1) is 19.7. The van der Waals surface area contributed by atoms with Crippen molar-refractivity contribution >= 4 is 23.5 Å². The lowest BCUT2D eigenvalue weighted by molar-refractivity contribution is -0.146. The second-order valence-electron chi connectivity index (χ2n) is 5.85. The molecule has 6 heteroatoms. The van der Waals surface area contributed by atoms with Crippen molar-refractivity contribution in [3.8, 4) is 0 Å². The number of benzene rings is 1. The summed E-state index contributed by atoms with van der Waals surface area (Å²) in [6, 6.07) is 6.38. The first-order chi connectivity index (χ1) is 11.3. The highest BCUT2D eigenvalue weighted by Gasteiger charge is 2.38. The van der Waals surface area contributed by atoms with Gasteiger partial charge in [0.2, 0.25) is 11.8 Å². The third-order valence-corrected chi connectivity index (χ3v) is 3.81. The van der Waals surface area contributed by atoms with Crippen LogP contribution in [0.4, 0.5) is 5.69 Å². The van der Waals surface area contributed by atoms with E-state index >= 15 is 0 Å². The highest BCUT2D eigenvalue weighted by Crippen LogP contribution is 2.22. The van der Waals surface area contributed by atoms with E-state index in [1.165, 1.54) is 0 Å². The van der Waals surface area contributed by atoms with Gasteiger partial charge in [-0.1, -0.05) is 0 Å². The van der Waals surface area contributed by atoms with E-state index in [2.05, 4.69) is 5.32 Å². The quantitative estimate of drug-likeness (QED) is 0.614. The van der Waals surface area contributed by atoms with E-state index in [1.807, 2.05) is 13.8 Å². The molecule has 0 heterocycles. The van der Waals surface area contributed by atoms with Gasteiger partial charge in [0, 0.05) is 18.8 Å². The average molecular weight is 334 g/mol. The minimum atomic E-state index is -1.17. The fourth-order valence-corrected chi connectivity index (χ4v) is 2.19. The molecule has 0 aliphatic rings. The monoisotopic (exact) mass is 334 g/mol. The Bertz CT molecular complexity index is 590. The van der Waals surface area contributed by atoms with Crippen LogP contribution >= 0.6 is 0 Å². The van der Waals surface area contributed by atoms with Crippen molar-refractivity contribution in [2.45, 2.75) is 34.6 Å². The zero-order chi connectivity index (χ0) is 18.3. The largest absolute Gasteiger partial charge is 0.462 e. The van der Waals surface area contributed by atoms with Crippen LogP contribution < -0.4 is 5.32 Å². The highest BCUT2D eigenvalue weighted by atomic mass is 16.5. The molecular formula is C18H26N2O4. The maximum Gasteiger partial charge on any atom is 0.338 e. The molecule has 2 amide bonds. The van der Waals surface area contributed by atoms with Crippen molar-refractivity contribution in [1.82, 2.24) is 4.90 Å². The van der Waals surface area contributed by atoms with E-state index in [4.69, 9.17) is 4.74 Å². The molecule has 6 nitrogen and oxygen atoms in total. The highest BCUT2D eigenvalue weighted by molar-refractivity contribution is 6.09. The van der Waals surface area contributed by atoms with Crippen LogP contribution in [0, 0.1) is 5.41 Å². The Kier molecular flexibility index (Phi) is 6.95. The van der Waals surface area contributed by atoms with Crippen LogP contribution in [0.2, 0.25) is 0 Å². The fourth-order valence-electron chi connectivity index (χ4n) is 2.19. The van der Waals surface area contributed by atoms with Crippen molar-refractivity contribution < 1.29 is 19.1 Å². The van der Waals surface area contributed by atoms with E-state index in [0.29, 0.717) is 30.9 Å². The molecule has 24 heavy (non-hydrogen) atoms. The van der Waals surface area contributed by atoms with Gasteiger partial charge in [-0.25, -0.2) is 4.79 Å². The number of esters is 1. The van der Waals surface area contributed by atoms with Gasteiger partial charge in [0.25, 0.3) is 0 Å². The molecular weight excluding hydrogens is 308 g/mol. The molecule has 0 saturated carbocycles. The van der Waals surface area contributed by atoms with E-state index < -0.39 is 11.4 Å². The number of carbonyl (C=O) groups excluding carboxylic acids is 3. The van der Waals surface area contributed by atoms with Gasteiger partial charge in [-0.15, -0.1) is 0 Å². The Morgan fingerprint density at radius 1 is 1.04 bits per heavy atom. The van der Waals surface area contributed by atoms with E-state index in [9.17, 15) is 14.4 Å². The van der Waals surface area contributed by atoms with Gasteiger partial charge in [0.15, 0.2) is 0 Å².